The third-order valence-corrected chi connectivity index (χ3v) is 5.11. The number of benzene rings is 1. The summed E-state index contributed by atoms with van der Waals surface area (Å²) in [7, 11) is 0. The maximum atomic E-state index is 13.4. The number of hydrogen-bond acceptors (Lipinski definition) is 2. The van der Waals surface area contributed by atoms with Crippen molar-refractivity contribution in [3.05, 3.63) is 35.6 Å². The van der Waals surface area contributed by atoms with Crippen LogP contribution in [0.1, 0.15) is 51.1 Å². The van der Waals surface area contributed by atoms with Gasteiger partial charge in [0.25, 0.3) is 0 Å². The second-order valence-corrected chi connectivity index (χ2v) is 6.32. The first-order chi connectivity index (χ1) is 9.67. The van der Waals surface area contributed by atoms with Gasteiger partial charge in [-0.2, -0.15) is 0 Å². The molecule has 3 heteroatoms. The Balaban J connectivity index is 1.75. The average molecular weight is 276 g/mol. The molecule has 0 aromatic heterocycles. The van der Waals surface area contributed by atoms with E-state index >= 15 is 0 Å². The third kappa shape index (κ3) is 2.75. The van der Waals surface area contributed by atoms with E-state index in [9.17, 15) is 4.39 Å². The number of fused-ring (bicyclic) bond motifs is 2. The first-order valence-electron chi connectivity index (χ1n) is 7.94. The average Bonchev–Trinajstić information content (AvgIpc) is 2.78. The van der Waals surface area contributed by atoms with Gasteiger partial charge in [-0.05, 0) is 56.8 Å². The van der Waals surface area contributed by atoms with Crippen LogP contribution in [0.3, 0.4) is 0 Å². The Morgan fingerprint density at radius 1 is 1.30 bits per heavy atom. The van der Waals surface area contributed by atoms with Gasteiger partial charge in [-0.25, -0.2) is 4.39 Å². The number of hydrogen-bond donors (Lipinski definition) is 1. The lowest BCUT2D eigenvalue weighted by atomic mass is 9.95. The fourth-order valence-electron chi connectivity index (χ4n) is 4.10. The molecule has 3 rings (SSSR count). The molecule has 110 valence electrons. The molecule has 0 radical (unpaired) electrons. The fraction of sp³-hybridized carbons (Fsp3) is 0.647. The van der Waals surface area contributed by atoms with Crippen molar-refractivity contribution < 1.29 is 4.39 Å². The van der Waals surface area contributed by atoms with Crippen molar-refractivity contribution >= 4 is 0 Å². The molecule has 2 nitrogen and oxygen atoms in total. The summed E-state index contributed by atoms with van der Waals surface area (Å²) in [6.07, 6.45) is 5.13. The molecule has 2 aliphatic rings. The van der Waals surface area contributed by atoms with Crippen molar-refractivity contribution in [2.75, 3.05) is 6.54 Å². The smallest absolute Gasteiger partial charge is 0.123 e. The van der Waals surface area contributed by atoms with Crippen LogP contribution in [0, 0.1) is 5.82 Å². The van der Waals surface area contributed by atoms with Gasteiger partial charge in [-0.15, -0.1) is 0 Å². The standard InChI is InChI=1S/C17H25FN2/c1-3-20(12(2)13-5-4-6-14(18)9-13)17-10-15-7-8-16(11-17)19-15/h4-6,9,12,15-17,19H,3,7-8,10-11H2,1-2H3. The minimum absolute atomic E-state index is 0.129. The summed E-state index contributed by atoms with van der Waals surface area (Å²) in [5, 5.41) is 3.70. The van der Waals surface area contributed by atoms with Crippen molar-refractivity contribution in [3.8, 4) is 0 Å². The minimum Gasteiger partial charge on any atom is -0.311 e. The molecule has 0 spiro atoms. The van der Waals surface area contributed by atoms with Crippen LogP contribution < -0.4 is 5.32 Å². The monoisotopic (exact) mass is 276 g/mol. The molecule has 2 saturated heterocycles. The maximum Gasteiger partial charge on any atom is 0.123 e. The van der Waals surface area contributed by atoms with Crippen LogP contribution in [-0.2, 0) is 0 Å². The van der Waals surface area contributed by atoms with Crippen molar-refractivity contribution in [1.82, 2.24) is 10.2 Å². The van der Waals surface area contributed by atoms with Crippen molar-refractivity contribution in [2.45, 2.75) is 63.7 Å². The summed E-state index contributed by atoms with van der Waals surface area (Å²) in [6.45, 7) is 5.46. The van der Waals surface area contributed by atoms with E-state index in [0.29, 0.717) is 18.1 Å². The Kier molecular flexibility index (Phi) is 4.08. The Bertz CT molecular complexity index is 450. The van der Waals surface area contributed by atoms with Crippen LogP contribution >= 0.6 is 0 Å². The van der Waals surface area contributed by atoms with Gasteiger partial charge >= 0.3 is 0 Å². The van der Waals surface area contributed by atoms with Crippen LogP contribution in [0.15, 0.2) is 24.3 Å². The summed E-state index contributed by atoms with van der Waals surface area (Å²) < 4.78 is 13.4. The van der Waals surface area contributed by atoms with Crippen LogP contribution in [-0.4, -0.2) is 29.6 Å². The van der Waals surface area contributed by atoms with Crippen LogP contribution in [0.2, 0.25) is 0 Å². The van der Waals surface area contributed by atoms with Crippen LogP contribution in [0.4, 0.5) is 4.39 Å². The summed E-state index contributed by atoms with van der Waals surface area (Å²) in [4.78, 5) is 2.56. The topological polar surface area (TPSA) is 15.3 Å². The summed E-state index contributed by atoms with van der Waals surface area (Å²) in [5.41, 5.74) is 1.10. The molecule has 20 heavy (non-hydrogen) atoms. The molecule has 1 N–H and O–H groups in total. The highest BCUT2D eigenvalue weighted by atomic mass is 19.1. The van der Waals surface area contributed by atoms with E-state index in [4.69, 9.17) is 0 Å². The third-order valence-electron chi connectivity index (χ3n) is 5.11. The highest BCUT2D eigenvalue weighted by molar-refractivity contribution is 5.20. The Morgan fingerprint density at radius 2 is 2.00 bits per heavy atom. The van der Waals surface area contributed by atoms with E-state index in [-0.39, 0.29) is 11.9 Å². The predicted molar refractivity (Wildman–Crippen MR) is 80.2 cm³/mol. The highest BCUT2D eigenvalue weighted by Crippen LogP contribution is 2.33. The lowest BCUT2D eigenvalue weighted by molar-refractivity contribution is 0.107. The molecular weight excluding hydrogens is 251 g/mol. The predicted octanol–water partition coefficient (Wildman–Crippen LogP) is 3.49. The largest absolute Gasteiger partial charge is 0.311 e. The zero-order valence-corrected chi connectivity index (χ0v) is 12.5. The summed E-state index contributed by atoms with van der Waals surface area (Å²) in [5.74, 6) is -0.129. The van der Waals surface area contributed by atoms with Crippen molar-refractivity contribution in [3.63, 3.8) is 0 Å². The summed E-state index contributed by atoms with van der Waals surface area (Å²) >= 11 is 0. The molecule has 1 aromatic rings. The van der Waals surface area contributed by atoms with Crippen molar-refractivity contribution in [1.29, 1.82) is 0 Å². The van der Waals surface area contributed by atoms with Crippen molar-refractivity contribution in [2.24, 2.45) is 0 Å². The van der Waals surface area contributed by atoms with Gasteiger partial charge in [-0.1, -0.05) is 19.1 Å². The van der Waals surface area contributed by atoms with Gasteiger partial charge in [-0.3, -0.25) is 4.90 Å². The fourth-order valence-corrected chi connectivity index (χ4v) is 4.10. The molecule has 0 saturated carbocycles. The van der Waals surface area contributed by atoms with Crippen LogP contribution in [0.25, 0.3) is 0 Å². The molecule has 2 heterocycles. The molecule has 2 bridgehead atoms. The Labute approximate surface area is 121 Å². The molecule has 1 aromatic carbocycles. The van der Waals surface area contributed by atoms with E-state index in [1.165, 1.54) is 31.7 Å². The van der Waals surface area contributed by atoms with Crippen LogP contribution in [0.5, 0.6) is 0 Å². The molecule has 3 atom stereocenters. The number of halogens is 1. The van der Waals surface area contributed by atoms with Gasteiger partial charge in [0.05, 0.1) is 0 Å². The molecule has 2 fully saturated rings. The van der Waals surface area contributed by atoms with Gasteiger partial charge in [0, 0.05) is 24.2 Å². The lowest BCUT2D eigenvalue weighted by Gasteiger charge is -2.40. The Morgan fingerprint density at radius 3 is 2.60 bits per heavy atom. The Hall–Kier alpha value is -0.930. The normalized spacial score (nSPS) is 30.7. The zero-order chi connectivity index (χ0) is 14.1. The molecule has 0 amide bonds. The molecule has 3 unspecified atom stereocenters. The molecular formula is C17H25FN2. The van der Waals surface area contributed by atoms with Gasteiger partial charge in [0.15, 0.2) is 0 Å². The first kappa shape index (κ1) is 14.0. The van der Waals surface area contributed by atoms with E-state index in [1.54, 1.807) is 6.07 Å². The number of rotatable bonds is 4. The number of piperidine rings is 1. The van der Waals surface area contributed by atoms with Gasteiger partial charge < -0.3 is 5.32 Å². The summed E-state index contributed by atoms with van der Waals surface area (Å²) in [6, 6.07) is 9.41. The SMILES string of the molecule is CCN(C1CC2CCC(C1)N2)C(C)c1cccc(F)c1. The van der Waals surface area contributed by atoms with E-state index in [0.717, 1.165) is 12.1 Å². The minimum atomic E-state index is -0.129. The number of nitrogens with zero attached hydrogens (tertiary/aromatic N) is 1. The highest BCUT2D eigenvalue weighted by Gasteiger charge is 2.37. The van der Waals surface area contributed by atoms with Gasteiger partial charge in [0.2, 0.25) is 0 Å². The molecule has 0 aliphatic carbocycles. The first-order valence-corrected chi connectivity index (χ1v) is 7.94. The van der Waals surface area contributed by atoms with Gasteiger partial charge in [0.1, 0.15) is 5.82 Å². The van der Waals surface area contributed by atoms with E-state index in [2.05, 4.69) is 24.1 Å². The quantitative estimate of drug-likeness (QED) is 0.905. The zero-order valence-electron chi connectivity index (χ0n) is 12.5. The maximum absolute atomic E-state index is 13.4. The molecule has 2 aliphatic heterocycles. The van der Waals surface area contributed by atoms with E-state index < -0.39 is 0 Å². The second-order valence-electron chi connectivity index (χ2n) is 6.32. The number of nitrogens with one attached hydrogen (secondary N) is 1. The van der Waals surface area contributed by atoms with E-state index in [1.807, 2.05) is 12.1 Å². The second kappa shape index (κ2) is 5.82. The lowest BCUT2D eigenvalue weighted by Crippen LogP contribution is -2.48.